The van der Waals surface area contributed by atoms with Crippen LogP contribution in [0.4, 0.5) is 34.6 Å². The summed E-state index contributed by atoms with van der Waals surface area (Å²) in [6.07, 6.45) is 0. The molecule has 102 heavy (non-hydrogen) atoms. The molecular weight excluding hydrogens is 1280 g/mol. The molecule has 0 atom stereocenters. The quantitative estimate of drug-likeness (QED) is 0.0613. The van der Waals surface area contributed by atoms with Gasteiger partial charge in [0, 0.05) is 60.1 Å². The van der Waals surface area contributed by atoms with Crippen molar-refractivity contribution in [3.63, 3.8) is 0 Å². The summed E-state index contributed by atoms with van der Waals surface area (Å²) in [5, 5.41) is 42.3. The number of fused-ring (bicyclic) bond motifs is 10. The van der Waals surface area contributed by atoms with E-state index in [1.54, 1.807) is 103 Å². The number of hydrogen-bond acceptors (Lipinski definition) is 10. The molecular formula is C85H39F4N13. The Balaban J connectivity index is 0.000000165. The highest BCUT2D eigenvalue weighted by Gasteiger charge is 2.28. The highest BCUT2D eigenvalue weighted by atomic mass is 19.2. The molecule has 12 aromatic carbocycles. The first kappa shape index (κ1) is 62.9. The van der Waals surface area contributed by atoms with E-state index >= 15 is 8.78 Å². The fourth-order valence-corrected chi connectivity index (χ4v) is 12.7. The summed E-state index contributed by atoms with van der Waals surface area (Å²) in [5.74, 6) is -6.91. The number of halogens is 4. The molecule has 0 aliphatic heterocycles. The molecule has 0 unspecified atom stereocenters. The lowest BCUT2D eigenvalue weighted by atomic mass is 9.95. The van der Waals surface area contributed by atoms with Gasteiger partial charge in [-0.2, -0.15) is 21.0 Å². The predicted molar refractivity (Wildman–Crippen MR) is 386 cm³/mol. The van der Waals surface area contributed by atoms with Crippen LogP contribution in [0.2, 0.25) is 0 Å². The van der Waals surface area contributed by atoms with Gasteiger partial charge < -0.3 is 0 Å². The number of aromatic nitrogens is 6. The third-order valence-corrected chi connectivity index (χ3v) is 17.6. The van der Waals surface area contributed by atoms with Gasteiger partial charge in [0.2, 0.25) is 0 Å². The van der Waals surface area contributed by atoms with Crippen molar-refractivity contribution in [1.29, 1.82) is 21.0 Å². The van der Waals surface area contributed by atoms with Gasteiger partial charge in [0.1, 0.15) is 11.6 Å². The van der Waals surface area contributed by atoms with Crippen LogP contribution in [0.3, 0.4) is 0 Å². The Kier molecular flexibility index (Phi) is 16.1. The van der Waals surface area contributed by atoms with Crippen molar-refractivity contribution in [3.8, 4) is 114 Å². The second-order valence-electron chi connectivity index (χ2n) is 23.5. The zero-order chi connectivity index (χ0) is 70.3. The normalized spacial score (nSPS) is 10.9. The fraction of sp³-hybridized carbons (Fsp3) is 0. The number of nitriles is 4. The van der Waals surface area contributed by atoms with Crippen LogP contribution in [0.5, 0.6) is 0 Å². The van der Waals surface area contributed by atoms with Crippen molar-refractivity contribution < 1.29 is 17.6 Å². The van der Waals surface area contributed by atoms with Crippen molar-refractivity contribution in [2.45, 2.75) is 0 Å². The Bertz CT molecular complexity index is 6510. The van der Waals surface area contributed by atoms with E-state index in [0.29, 0.717) is 112 Å². The number of benzene rings is 12. The van der Waals surface area contributed by atoms with E-state index in [2.05, 4.69) is 32.7 Å². The fourth-order valence-electron chi connectivity index (χ4n) is 12.7. The zero-order valence-corrected chi connectivity index (χ0v) is 52.8. The second-order valence-corrected chi connectivity index (χ2v) is 23.5. The largest absolute Gasteiger partial charge is 0.247 e. The molecule has 13 nitrogen and oxygen atoms in total. The number of rotatable bonds is 8. The van der Waals surface area contributed by atoms with Crippen LogP contribution in [-0.2, 0) is 0 Å². The van der Waals surface area contributed by atoms with E-state index in [4.69, 9.17) is 54.9 Å². The summed E-state index contributed by atoms with van der Waals surface area (Å²) in [6, 6.07) is 78.3. The highest BCUT2D eigenvalue weighted by Crippen LogP contribution is 2.44. The molecule has 4 heterocycles. The molecule has 16 rings (SSSR count). The Morgan fingerprint density at radius 3 is 1.10 bits per heavy atom. The maximum atomic E-state index is 15.2. The van der Waals surface area contributed by atoms with E-state index < -0.39 is 34.4 Å². The van der Waals surface area contributed by atoms with Gasteiger partial charge in [-0.3, -0.25) is 0 Å². The Hall–Kier alpha value is -15.2. The molecule has 16 aromatic rings. The molecule has 0 aliphatic carbocycles. The van der Waals surface area contributed by atoms with Crippen molar-refractivity contribution in [2.75, 3.05) is 0 Å². The molecule has 0 saturated carbocycles. The molecule has 0 fully saturated rings. The van der Waals surface area contributed by atoms with Crippen LogP contribution in [-0.4, -0.2) is 29.9 Å². The lowest BCUT2D eigenvalue weighted by Crippen LogP contribution is -2.04. The molecule has 0 aliphatic rings. The number of nitrogens with zero attached hydrogens (tertiary/aromatic N) is 13. The summed E-state index contributed by atoms with van der Waals surface area (Å²) in [7, 11) is 0. The molecule has 0 amide bonds. The molecule has 0 radical (unpaired) electrons. The van der Waals surface area contributed by atoms with E-state index in [0.717, 1.165) is 66.1 Å². The van der Waals surface area contributed by atoms with E-state index in [9.17, 15) is 24.6 Å². The van der Waals surface area contributed by atoms with Gasteiger partial charge in [-0.25, -0.2) is 62.0 Å². The zero-order valence-electron chi connectivity index (χ0n) is 52.8. The minimum Gasteiger partial charge on any atom is -0.247 e. The lowest BCUT2D eigenvalue weighted by Gasteiger charge is -2.16. The van der Waals surface area contributed by atoms with Crippen molar-refractivity contribution >= 4 is 82.5 Å². The third kappa shape index (κ3) is 11.2. The number of para-hydroxylation sites is 2. The summed E-state index contributed by atoms with van der Waals surface area (Å²) in [4.78, 5) is 41.5. The van der Waals surface area contributed by atoms with Crippen LogP contribution < -0.4 is 0 Å². The number of hydrogen-bond donors (Lipinski definition) is 0. The van der Waals surface area contributed by atoms with Gasteiger partial charge in [0.05, 0.1) is 122 Å². The summed E-state index contributed by atoms with van der Waals surface area (Å²) < 4.78 is 59.6. The molecule has 472 valence electrons. The Morgan fingerprint density at radius 1 is 0.275 bits per heavy atom. The van der Waals surface area contributed by atoms with Gasteiger partial charge in [0.25, 0.3) is 0 Å². The standard InChI is InChI=1S/C43H21N7.C42H18F4N6/c1-46-33-16-14-29(15-17-33)41-42(28-12-10-26(24-44)11-13-28)50-43-38(49-41)19-18-36-39(43)35-8-3-4-9-37(35)48-40(36)31-7-5-6-30(22-31)32-20-27(25-45)21-34(23-32)47-2;1-49-27-15-13-24(14-16-27)40-41(23-11-9-22(20-47)10-12-23)52-42-32(51-40)18-17-29-34(42)28-7-2-3-8-31(28)50-39(29)26-6-4-5-25(19-26)33-37(45)35(43)30(21-48)36(44)38(33)46/h3-23H;2-19H. The monoisotopic (exact) mass is 1320 g/mol. The lowest BCUT2D eigenvalue weighted by molar-refractivity contribution is 0.454. The van der Waals surface area contributed by atoms with E-state index in [1.165, 1.54) is 24.3 Å². The van der Waals surface area contributed by atoms with Gasteiger partial charge in [-0.1, -0.05) is 146 Å². The average Bonchev–Trinajstić information content (AvgIpc) is 0.732. The van der Waals surface area contributed by atoms with Crippen LogP contribution in [0, 0.1) is 88.3 Å². The smallest absolute Gasteiger partial charge is 0.189 e. The molecule has 0 saturated heterocycles. The first-order valence-electron chi connectivity index (χ1n) is 31.3. The van der Waals surface area contributed by atoms with Crippen LogP contribution in [0.15, 0.2) is 237 Å². The van der Waals surface area contributed by atoms with Gasteiger partial charge in [-0.05, 0) is 119 Å². The molecule has 0 spiro atoms. The average molecular weight is 1320 g/mol. The third-order valence-electron chi connectivity index (χ3n) is 17.6. The van der Waals surface area contributed by atoms with Crippen LogP contribution >= 0.6 is 0 Å². The minimum atomic E-state index is -1.78. The SMILES string of the molecule is [C-]#[N+]c1ccc(-c2nc3ccc4c(-c5cccc(-c6c(F)c(F)c(C#N)c(F)c6F)c5)nc5ccccc5c4c3nc2-c2ccc(C#N)cc2)cc1.[C-]#[N+]c1ccc(-c2nc3ccc4c(-c5cccc(-c6cc(C#N)cc([N+]#[C-])c6)c5)nc5ccccc5c4c3nc2-c2ccc(C#N)cc2)cc1. The van der Waals surface area contributed by atoms with Crippen molar-refractivity contribution in [3.05, 3.63) is 316 Å². The summed E-state index contributed by atoms with van der Waals surface area (Å²) in [6.45, 7) is 22.3. The molecule has 0 bridgehead atoms. The van der Waals surface area contributed by atoms with Gasteiger partial charge in [0.15, 0.2) is 40.3 Å². The first-order chi connectivity index (χ1) is 49.9. The van der Waals surface area contributed by atoms with Crippen LogP contribution in [0.25, 0.3) is 170 Å². The Labute approximate surface area is 578 Å². The second kappa shape index (κ2) is 26.1. The van der Waals surface area contributed by atoms with Crippen LogP contribution in [0.1, 0.15) is 22.3 Å². The predicted octanol–water partition coefficient (Wildman–Crippen LogP) is 21.7. The van der Waals surface area contributed by atoms with Gasteiger partial charge in [-0.15, -0.1) is 0 Å². The summed E-state index contributed by atoms with van der Waals surface area (Å²) in [5.41, 5.74) is 13.9. The maximum absolute atomic E-state index is 15.2. The van der Waals surface area contributed by atoms with E-state index in [-0.39, 0.29) is 5.56 Å². The minimum absolute atomic E-state index is 0.157. The first-order valence-corrected chi connectivity index (χ1v) is 31.3. The van der Waals surface area contributed by atoms with Crippen molar-refractivity contribution in [1.82, 2.24) is 29.9 Å². The summed E-state index contributed by atoms with van der Waals surface area (Å²) >= 11 is 0. The topological polar surface area (TPSA) is 186 Å². The van der Waals surface area contributed by atoms with E-state index in [1.807, 2.05) is 115 Å². The molecule has 17 heteroatoms. The molecule has 0 N–H and O–H groups in total. The highest BCUT2D eigenvalue weighted by molar-refractivity contribution is 6.22. The number of pyridine rings is 2. The Morgan fingerprint density at radius 2 is 0.667 bits per heavy atom. The molecule has 4 aromatic heterocycles. The maximum Gasteiger partial charge on any atom is 0.189 e. The van der Waals surface area contributed by atoms with Crippen molar-refractivity contribution in [2.24, 2.45) is 0 Å². The van der Waals surface area contributed by atoms with Gasteiger partial charge >= 0.3 is 0 Å².